The zero-order chi connectivity index (χ0) is 8.16. The molecule has 0 saturated carbocycles. The van der Waals surface area contributed by atoms with Crippen molar-refractivity contribution in [3.8, 4) is 0 Å². The summed E-state index contributed by atoms with van der Waals surface area (Å²) < 4.78 is 5.03. The Morgan fingerprint density at radius 3 is 2.64 bits per heavy atom. The summed E-state index contributed by atoms with van der Waals surface area (Å²) in [6.07, 6.45) is 4.23. The molecule has 0 spiro atoms. The van der Waals surface area contributed by atoms with Crippen LogP contribution >= 0.6 is 0 Å². The second kappa shape index (κ2) is 3.74. The molecule has 11 heavy (non-hydrogen) atoms. The van der Waals surface area contributed by atoms with Gasteiger partial charge in [-0.2, -0.15) is 4.89 Å². The Bertz CT molecular complexity index is 133. The standard InChI is InChI=1S/C8H14O3/c1-3-5-10-11-8(4-2)6-9-7-8/h3,5H,4,6-7H2,1-2H3. The molecule has 1 fully saturated rings. The molecule has 1 aliphatic rings. The second-order valence-electron chi connectivity index (χ2n) is 2.68. The van der Waals surface area contributed by atoms with Gasteiger partial charge in [-0.1, -0.05) is 6.92 Å². The topological polar surface area (TPSA) is 27.7 Å². The van der Waals surface area contributed by atoms with E-state index in [4.69, 9.17) is 14.5 Å². The van der Waals surface area contributed by atoms with Gasteiger partial charge >= 0.3 is 0 Å². The maximum absolute atomic E-state index is 5.14. The van der Waals surface area contributed by atoms with Crippen LogP contribution in [-0.2, 0) is 14.5 Å². The van der Waals surface area contributed by atoms with Gasteiger partial charge in [-0.25, -0.2) is 0 Å². The van der Waals surface area contributed by atoms with Gasteiger partial charge in [0.25, 0.3) is 0 Å². The van der Waals surface area contributed by atoms with E-state index in [0.29, 0.717) is 13.2 Å². The van der Waals surface area contributed by atoms with Crippen LogP contribution in [0.25, 0.3) is 0 Å². The quantitative estimate of drug-likeness (QED) is 0.353. The summed E-state index contributed by atoms with van der Waals surface area (Å²) in [7, 11) is 0. The van der Waals surface area contributed by atoms with Gasteiger partial charge in [0.05, 0.1) is 13.2 Å². The molecule has 0 aromatic heterocycles. The number of hydrogen-bond donors (Lipinski definition) is 0. The fraction of sp³-hybridized carbons (Fsp3) is 0.750. The van der Waals surface area contributed by atoms with Gasteiger partial charge in [0, 0.05) is 0 Å². The highest BCUT2D eigenvalue weighted by molar-refractivity contribution is 4.84. The predicted octanol–water partition coefficient (Wildman–Crippen LogP) is 1.65. The van der Waals surface area contributed by atoms with Gasteiger partial charge in [0.1, 0.15) is 6.26 Å². The molecule has 64 valence electrons. The van der Waals surface area contributed by atoms with Crippen LogP contribution in [0, 0.1) is 0 Å². The smallest absolute Gasteiger partial charge is 0.161 e. The summed E-state index contributed by atoms with van der Waals surface area (Å²) >= 11 is 0. The Kier molecular flexibility index (Phi) is 2.91. The zero-order valence-electron chi connectivity index (χ0n) is 7.00. The molecule has 0 N–H and O–H groups in total. The molecule has 0 bridgehead atoms. The minimum absolute atomic E-state index is 0.181. The van der Waals surface area contributed by atoms with Gasteiger partial charge in [-0.3, -0.25) is 0 Å². The molecule has 0 atom stereocenters. The van der Waals surface area contributed by atoms with E-state index in [-0.39, 0.29) is 5.60 Å². The first-order valence-electron chi connectivity index (χ1n) is 3.86. The number of ether oxygens (including phenoxy) is 1. The van der Waals surface area contributed by atoms with Crippen molar-refractivity contribution in [2.24, 2.45) is 0 Å². The zero-order valence-corrected chi connectivity index (χ0v) is 7.00. The SMILES string of the molecule is CC=COOC1(CC)COC1. The lowest BCUT2D eigenvalue weighted by atomic mass is 10.00. The minimum atomic E-state index is -0.181. The van der Waals surface area contributed by atoms with Crippen molar-refractivity contribution >= 4 is 0 Å². The average molecular weight is 158 g/mol. The normalized spacial score (nSPS) is 21.6. The lowest BCUT2D eigenvalue weighted by Gasteiger charge is -2.37. The van der Waals surface area contributed by atoms with Gasteiger partial charge < -0.3 is 9.62 Å². The lowest BCUT2D eigenvalue weighted by molar-refractivity contribution is -0.379. The van der Waals surface area contributed by atoms with Crippen LogP contribution in [0.5, 0.6) is 0 Å². The first-order chi connectivity index (χ1) is 5.33. The first kappa shape index (κ1) is 8.56. The number of allylic oxidation sites excluding steroid dienone is 1. The van der Waals surface area contributed by atoms with Gasteiger partial charge in [-0.15, -0.1) is 0 Å². The molecule has 0 unspecified atom stereocenters. The number of hydrogen-bond acceptors (Lipinski definition) is 3. The third-order valence-corrected chi connectivity index (χ3v) is 1.79. The largest absolute Gasteiger partial charge is 0.375 e. The van der Waals surface area contributed by atoms with Crippen molar-refractivity contribution in [3.05, 3.63) is 12.3 Å². The van der Waals surface area contributed by atoms with E-state index < -0.39 is 0 Å². The van der Waals surface area contributed by atoms with E-state index >= 15 is 0 Å². The molecule has 0 radical (unpaired) electrons. The van der Waals surface area contributed by atoms with Crippen LogP contribution in [0.4, 0.5) is 0 Å². The Balaban J connectivity index is 2.21. The van der Waals surface area contributed by atoms with Gasteiger partial charge in [0.2, 0.25) is 0 Å². The van der Waals surface area contributed by atoms with Crippen molar-refractivity contribution in [2.75, 3.05) is 13.2 Å². The fourth-order valence-electron chi connectivity index (χ4n) is 0.826. The van der Waals surface area contributed by atoms with Crippen molar-refractivity contribution < 1.29 is 14.5 Å². The maximum atomic E-state index is 5.14. The summed E-state index contributed by atoms with van der Waals surface area (Å²) in [6, 6.07) is 0. The van der Waals surface area contributed by atoms with Crippen molar-refractivity contribution in [1.82, 2.24) is 0 Å². The highest BCUT2D eigenvalue weighted by Gasteiger charge is 2.40. The van der Waals surface area contributed by atoms with E-state index in [1.54, 1.807) is 6.08 Å². The van der Waals surface area contributed by atoms with E-state index in [1.807, 2.05) is 6.92 Å². The third-order valence-electron chi connectivity index (χ3n) is 1.79. The van der Waals surface area contributed by atoms with Crippen LogP contribution in [0.3, 0.4) is 0 Å². The molecule has 1 rings (SSSR count). The lowest BCUT2D eigenvalue weighted by Crippen LogP contribution is -2.51. The summed E-state index contributed by atoms with van der Waals surface area (Å²) in [4.78, 5) is 9.96. The summed E-state index contributed by atoms with van der Waals surface area (Å²) in [5.74, 6) is 0. The summed E-state index contributed by atoms with van der Waals surface area (Å²) in [5.41, 5.74) is -0.181. The second-order valence-corrected chi connectivity index (χ2v) is 2.68. The van der Waals surface area contributed by atoms with Crippen molar-refractivity contribution in [2.45, 2.75) is 25.9 Å². The Morgan fingerprint density at radius 2 is 2.27 bits per heavy atom. The molecule has 0 aliphatic carbocycles. The van der Waals surface area contributed by atoms with Crippen LogP contribution in [0.1, 0.15) is 20.3 Å². The Labute approximate surface area is 66.9 Å². The molecule has 3 nitrogen and oxygen atoms in total. The van der Waals surface area contributed by atoms with Crippen molar-refractivity contribution in [3.63, 3.8) is 0 Å². The van der Waals surface area contributed by atoms with E-state index in [2.05, 4.69) is 6.92 Å². The molecule has 0 aromatic carbocycles. The molecular weight excluding hydrogens is 144 g/mol. The Morgan fingerprint density at radius 1 is 1.55 bits per heavy atom. The van der Waals surface area contributed by atoms with E-state index in [1.165, 1.54) is 6.26 Å². The van der Waals surface area contributed by atoms with Gasteiger partial charge in [-0.05, 0) is 19.4 Å². The molecule has 1 heterocycles. The van der Waals surface area contributed by atoms with Crippen LogP contribution in [0.2, 0.25) is 0 Å². The maximum Gasteiger partial charge on any atom is 0.161 e. The van der Waals surface area contributed by atoms with Crippen molar-refractivity contribution in [1.29, 1.82) is 0 Å². The Hall–Kier alpha value is -0.540. The number of rotatable bonds is 4. The third kappa shape index (κ3) is 1.94. The van der Waals surface area contributed by atoms with Crippen LogP contribution in [0.15, 0.2) is 12.3 Å². The monoisotopic (exact) mass is 158 g/mol. The molecule has 1 saturated heterocycles. The fourth-order valence-corrected chi connectivity index (χ4v) is 0.826. The van der Waals surface area contributed by atoms with E-state index in [9.17, 15) is 0 Å². The first-order valence-corrected chi connectivity index (χ1v) is 3.86. The summed E-state index contributed by atoms with van der Waals surface area (Å²) in [6.45, 7) is 5.21. The van der Waals surface area contributed by atoms with E-state index in [0.717, 1.165) is 6.42 Å². The van der Waals surface area contributed by atoms with Crippen LogP contribution in [-0.4, -0.2) is 18.8 Å². The molecular formula is C8H14O3. The molecule has 1 aliphatic heterocycles. The predicted molar refractivity (Wildman–Crippen MR) is 40.8 cm³/mol. The van der Waals surface area contributed by atoms with Crippen LogP contribution < -0.4 is 0 Å². The molecule has 0 amide bonds. The molecule has 0 aromatic rings. The molecule has 3 heteroatoms. The summed E-state index contributed by atoms with van der Waals surface area (Å²) in [5, 5.41) is 0. The van der Waals surface area contributed by atoms with Gasteiger partial charge in [0.15, 0.2) is 5.60 Å². The highest BCUT2D eigenvalue weighted by Crippen LogP contribution is 2.25. The average Bonchev–Trinajstić information content (AvgIpc) is 1.95. The minimum Gasteiger partial charge on any atom is -0.375 e. The highest BCUT2D eigenvalue weighted by atomic mass is 17.2.